The highest BCUT2D eigenvalue weighted by molar-refractivity contribution is 7.09. The maximum Gasteiger partial charge on any atom is 0.107 e. The van der Waals surface area contributed by atoms with Crippen molar-refractivity contribution in [1.29, 1.82) is 0 Å². The van der Waals surface area contributed by atoms with Crippen molar-refractivity contribution < 1.29 is 0 Å². The third-order valence-electron chi connectivity index (χ3n) is 3.30. The molecular formula is C17H15NS. The molecule has 1 unspecified atom stereocenters. The molecule has 2 heteroatoms. The van der Waals surface area contributed by atoms with Gasteiger partial charge in [0.25, 0.3) is 0 Å². The van der Waals surface area contributed by atoms with Gasteiger partial charge in [-0.05, 0) is 12.0 Å². The second kappa shape index (κ2) is 5.37. The van der Waals surface area contributed by atoms with Crippen LogP contribution in [0.2, 0.25) is 0 Å². The maximum atomic E-state index is 4.51. The molecule has 1 aromatic carbocycles. The van der Waals surface area contributed by atoms with Gasteiger partial charge in [-0.1, -0.05) is 66.8 Å². The number of benzene rings is 1. The first-order chi connectivity index (χ1) is 9.39. The summed E-state index contributed by atoms with van der Waals surface area (Å²) in [7, 11) is 0. The molecule has 0 N–H and O–H groups in total. The Kier molecular flexibility index (Phi) is 3.43. The van der Waals surface area contributed by atoms with Gasteiger partial charge in [-0.15, -0.1) is 11.3 Å². The van der Waals surface area contributed by atoms with Gasteiger partial charge in [0, 0.05) is 11.6 Å². The molecule has 19 heavy (non-hydrogen) atoms. The van der Waals surface area contributed by atoms with Crippen molar-refractivity contribution in [2.75, 3.05) is 0 Å². The zero-order valence-corrected chi connectivity index (χ0v) is 11.4. The summed E-state index contributed by atoms with van der Waals surface area (Å²) in [5, 5.41) is 3.19. The second-order valence-corrected chi connectivity index (χ2v) is 5.51. The van der Waals surface area contributed by atoms with Gasteiger partial charge in [-0.3, -0.25) is 0 Å². The fraction of sp³-hybridized carbons (Fsp3) is 0.118. The van der Waals surface area contributed by atoms with E-state index in [0.29, 0.717) is 0 Å². The van der Waals surface area contributed by atoms with Crippen LogP contribution in [0.15, 0.2) is 72.3 Å². The molecule has 94 valence electrons. The summed E-state index contributed by atoms with van der Waals surface area (Å²) in [4.78, 5) is 4.51. The molecule has 1 aliphatic rings. The largest absolute Gasteiger partial charge is 0.248 e. The van der Waals surface area contributed by atoms with Crippen molar-refractivity contribution in [3.63, 3.8) is 0 Å². The Bertz CT molecular complexity index is 608. The number of nitrogens with zero attached hydrogens (tertiary/aromatic N) is 1. The predicted octanol–water partition coefficient (Wildman–Crippen LogP) is 4.61. The van der Waals surface area contributed by atoms with Gasteiger partial charge in [0.1, 0.15) is 5.01 Å². The van der Waals surface area contributed by atoms with Gasteiger partial charge in [0.15, 0.2) is 0 Å². The number of allylic oxidation sites excluding steroid dienone is 5. The summed E-state index contributed by atoms with van der Waals surface area (Å²) >= 11 is 1.72. The number of hydrogen-bond donors (Lipinski definition) is 0. The maximum absolute atomic E-state index is 4.51. The topological polar surface area (TPSA) is 12.9 Å². The van der Waals surface area contributed by atoms with E-state index in [1.165, 1.54) is 5.56 Å². The van der Waals surface area contributed by atoms with Crippen LogP contribution < -0.4 is 0 Å². The van der Waals surface area contributed by atoms with Gasteiger partial charge in [-0.25, -0.2) is 4.98 Å². The number of hydrogen-bond acceptors (Lipinski definition) is 2. The first-order valence-electron chi connectivity index (χ1n) is 6.38. The van der Waals surface area contributed by atoms with E-state index in [4.69, 9.17) is 0 Å². The first kappa shape index (κ1) is 12.1. The highest BCUT2D eigenvalue weighted by Gasteiger charge is 2.28. The van der Waals surface area contributed by atoms with Crippen molar-refractivity contribution in [2.45, 2.75) is 11.8 Å². The van der Waals surface area contributed by atoms with E-state index in [2.05, 4.69) is 65.7 Å². The SMILES string of the molecule is C1=CCC(C=Cc2ccccc2)(c2nccs2)C=C1. The van der Waals surface area contributed by atoms with Crippen LogP contribution in [0.3, 0.4) is 0 Å². The van der Waals surface area contributed by atoms with Crippen LogP contribution in [0.25, 0.3) is 6.08 Å². The quantitative estimate of drug-likeness (QED) is 0.789. The molecule has 0 radical (unpaired) electrons. The van der Waals surface area contributed by atoms with Crippen LogP contribution in [0.4, 0.5) is 0 Å². The minimum absolute atomic E-state index is 0.0846. The summed E-state index contributed by atoms with van der Waals surface area (Å²) in [6.45, 7) is 0. The van der Waals surface area contributed by atoms with Crippen LogP contribution in [-0.2, 0) is 5.41 Å². The molecule has 1 heterocycles. The number of thiazole rings is 1. The third kappa shape index (κ3) is 2.59. The molecule has 0 saturated heterocycles. The zero-order valence-electron chi connectivity index (χ0n) is 10.6. The van der Waals surface area contributed by atoms with Gasteiger partial charge < -0.3 is 0 Å². The lowest BCUT2D eigenvalue weighted by Crippen LogP contribution is -2.20. The molecule has 1 aliphatic carbocycles. The minimum atomic E-state index is -0.0846. The highest BCUT2D eigenvalue weighted by Crippen LogP contribution is 2.35. The molecule has 1 atom stereocenters. The van der Waals surface area contributed by atoms with Crippen LogP contribution in [0, 0.1) is 0 Å². The van der Waals surface area contributed by atoms with Crippen molar-refractivity contribution in [1.82, 2.24) is 4.98 Å². The molecule has 0 bridgehead atoms. The third-order valence-corrected chi connectivity index (χ3v) is 4.27. The molecule has 0 saturated carbocycles. The molecular weight excluding hydrogens is 250 g/mol. The van der Waals surface area contributed by atoms with Gasteiger partial charge in [-0.2, -0.15) is 0 Å². The van der Waals surface area contributed by atoms with Gasteiger partial charge in [0.05, 0.1) is 5.41 Å². The van der Waals surface area contributed by atoms with Crippen LogP contribution in [-0.4, -0.2) is 4.98 Å². The van der Waals surface area contributed by atoms with E-state index < -0.39 is 0 Å². The Balaban J connectivity index is 1.95. The van der Waals surface area contributed by atoms with Crippen molar-refractivity contribution >= 4 is 17.4 Å². The first-order valence-corrected chi connectivity index (χ1v) is 7.26. The van der Waals surface area contributed by atoms with Crippen LogP contribution >= 0.6 is 11.3 Å². The number of rotatable bonds is 3. The Hall–Kier alpha value is -1.93. The molecule has 0 amide bonds. The molecule has 1 nitrogen and oxygen atoms in total. The van der Waals surface area contributed by atoms with E-state index in [0.717, 1.165) is 11.4 Å². The Morgan fingerprint density at radius 1 is 1.16 bits per heavy atom. The lowest BCUT2D eigenvalue weighted by molar-refractivity contribution is 0.671. The molecule has 0 spiro atoms. The Morgan fingerprint density at radius 2 is 2.05 bits per heavy atom. The molecule has 1 aromatic heterocycles. The smallest absolute Gasteiger partial charge is 0.107 e. The summed E-state index contributed by atoms with van der Waals surface area (Å²) in [5.74, 6) is 0. The van der Waals surface area contributed by atoms with Crippen molar-refractivity contribution in [2.24, 2.45) is 0 Å². The second-order valence-electron chi connectivity index (χ2n) is 4.61. The molecule has 0 aliphatic heterocycles. The summed E-state index contributed by atoms with van der Waals surface area (Å²) < 4.78 is 0. The lowest BCUT2D eigenvalue weighted by Gasteiger charge is -2.25. The van der Waals surface area contributed by atoms with E-state index >= 15 is 0 Å². The van der Waals surface area contributed by atoms with Crippen molar-refractivity contribution in [3.8, 4) is 0 Å². The van der Waals surface area contributed by atoms with Crippen molar-refractivity contribution in [3.05, 3.63) is 82.9 Å². The average Bonchev–Trinajstić information content (AvgIpc) is 3.02. The van der Waals surface area contributed by atoms with E-state index in [-0.39, 0.29) is 5.41 Å². The standard InChI is InChI=1S/C17H15NS/c1-3-7-15(8-4-1)9-12-17(10-5-2-6-11-17)16-18-13-14-19-16/h1-10,12-14H,11H2. The van der Waals surface area contributed by atoms with E-state index in [1.807, 2.05) is 17.6 Å². The van der Waals surface area contributed by atoms with E-state index in [1.54, 1.807) is 11.3 Å². The van der Waals surface area contributed by atoms with Gasteiger partial charge >= 0.3 is 0 Å². The normalized spacial score (nSPS) is 22.1. The molecule has 2 aromatic rings. The fourth-order valence-electron chi connectivity index (χ4n) is 2.25. The lowest BCUT2D eigenvalue weighted by atomic mass is 9.81. The van der Waals surface area contributed by atoms with Crippen LogP contribution in [0.1, 0.15) is 17.0 Å². The summed E-state index contributed by atoms with van der Waals surface area (Å²) in [6.07, 6.45) is 16.0. The number of aromatic nitrogens is 1. The predicted molar refractivity (Wildman–Crippen MR) is 82.2 cm³/mol. The zero-order chi connectivity index (χ0) is 13.0. The van der Waals surface area contributed by atoms with Gasteiger partial charge in [0.2, 0.25) is 0 Å². The monoisotopic (exact) mass is 265 g/mol. The molecule has 0 fully saturated rings. The average molecular weight is 265 g/mol. The Morgan fingerprint density at radius 3 is 2.74 bits per heavy atom. The minimum Gasteiger partial charge on any atom is -0.248 e. The summed E-state index contributed by atoms with van der Waals surface area (Å²) in [5.41, 5.74) is 1.14. The molecule has 3 rings (SSSR count). The van der Waals surface area contributed by atoms with E-state index in [9.17, 15) is 0 Å². The summed E-state index contributed by atoms with van der Waals surface area (Å²) in [6, 6.07) is 10.4. The fourth-order valence-corrected chi connectivity index (χ4v) is 3.06. The Labute approximate surface area is 117 Å². The van der Waals surface area contributed by atoms with Crippen LogP contribution in [0.5, 0.6) is 0 Å². The highest BCUT2D eigenvalue weighted by atomic mass is 32.1.